The second kappa shape index (κ2) is 44.9. The zero-order valence-electron chi connectivity index (χ0n) is 55.1. The molecule has 0 aliphatic rings. The number of hydrogen-bond donors (Lipinski definition) is 23. The first-order valence-electron chi connectivity index (χ1n) is 27.8. The molecular formula is C36H83N7O49P14-16. The maximum atomic E-state index is 10.8. The van der Waals surface area contributed by atoms with Crippen LogP contribution >= 0.6 is 106 Å². The van der Waals surface area contributed by atoms with Crippen LogP contribution in [0.4, 0.5) is 0 Å². The number of unbranched alkanes of at least 4 members (excludes halogenated alkanes) is 2. The summed E-state index contributed by atoms with van der Waals surface area (Å²) in [5.74, 6) is 0. The van der Waals surface area contributed by atoms with E-state index in [1.807, 2.05) is 6.92 Å². The maximum absolute atomic E-state index is 10.8. The topological polar surface area (TPSA) is 1120 Å². The van der Waals surface area contributed by atoms with Gasteiger partial charge in [0.1, 0.15) is 20.3 Å². The van der Waals surface area contributed by atoms with Crippen LogP contribution in [0.1, 0.15) is 89.5 Å². The predicted octanol–water partition coefficient (Wildman–Crippen LogP) is -16.5. The molecule has 0 radical (unpaired) electrons. The minimum Gasteiger partial charge on any atom is -0.808 e. The average Bonchev–Trinajstić information content (AvgIpc) is 0.830. The zero-order chi connectivity index (χ0) is 86.9. The molecular weight excluding hydrogens is 1750 g/mol. The van der Waals surface area contributed by atoms with Crippen molar-refractivity contribution in [3.8, 4) is 0 Å². The lowest BCUT2D eigenvalue weighted by Gasteiger charge is -2.56. The summed E-state index contributed by atoms with van der Waals surface area (Å²) in [5, 5.41) is 39.3. The summed E-state index contributed by atoms with van der Waals surface area (Å²) >= 11 is 0. The fourth-order valence-corrected chi connectivity index (χ4v) is 21.1. The van der Waals surface area contributed by atoms with Crippen molar-refractivity contribution >= 4 is 106 Å². The number of aliphatic hydroxyl groups is 7. The van der Waals surface area contributed by atoms with E-state index in [9.17, 15) is 168 Å². The summed E-state index contributed by atoms with van der Waals surface area (Å²) in [5.41, 5.74) is 19.6. The van der Waals surface area contributed by atoms with E-state index >= 15 is 0 Å². The Balaban J connectivity index is -0.000000276. The van der Waals surface area contributed by atoms with E-state index in [1.54, 1.807) is 26.0 Å². The highest BCUT2D eigenvalue weighted by Crippen LogP contribution is 2.72. The molecule has 0 spiro atoms. The number of hydrogen-bond acceptors (Lipinski definition) is 44. The van der Waals surface area contributed by atoms with Gasteiger partial charge in [0, 0.05) is 51.2 Å². The molecule has 1 aromatic heterocycles. The smallest absolute Gasteiger partial charge is 0.369 e. The lowest BCUT2D eigenvalue weighted by molar-refractivity contribution is -0.351. The quantitative estimate of drug-likeness (QED) is 0.0217. The van der Waals surface area contributed by atoms with Crippen LogP contribution in [0, 0.1) is 0 Å². The number of nitrogens with two attached hydrogens (primary N) is 4. The summed E-state index contributed by atoms with van der Waals surface area (Å²) in [7, 11) is -74.9. The lowest BCUT2D eigenvalue weighted by Crippen LogP contribution is -2.47. The van der Waals surface area contributed by atoms with E-state index < -0.39 is 193 Å². The van der Waals surface area contributed by atoms with Crippen LogP contribution < -0.4 is 101 Å². The molecule has 1 heterocycles. The molecule has 0 unspecified atom stereocenters. The molecule has 70 heteroatoms. The molecule has 1 rings (SSSR count). The van der Waals surface area contributed by atoms with Crippen LogP contribution in [0.2, 0.25) is 0 Å². The van der Waals surface area contributed by atoms with Gasteiger partial charge in [-0.25, -0.2) is 0 Å². The normalized spacial score (nSPS) is 14.3. The van der Waals surface area contributed by atoms with Crippen molar-refractivity contribution in [1.29, 1.82) is 0 Å². The Hall–Kier alpha value is 0.730. The Morgan fingerprint density at radius 3 is 0.792 bits per heavy atom. The van der Waals surface area contributed by atoms with Crippen LogP contribution in [0.3, 0.4) is 0 Å². The lowest BCUT2D eigenvalue weighted by atomic mass is 10.2. The van der Waals surface area contributed by atoms with Crippen LogP contribution in [-0.2, 0) is 70.3 Å². The van der Waals surface area contributed by atoms with Crippen molar-refractivity contribution in [2.45, 2.75) is 126 Å². The molecule has 0 fully saturated rings. The third kappa shape index (κ3) is 36.5. The van der Waals surface area contributed by atoms with E-state index in [-0.39, 0.29) is 57.5 Å². The average molecular weight is 1830 g/mol. The van der Waals surface area contributed by atoms with Crippen LogP contribution in [0.15, 0.2) is 24.5 Å². The van der Waals surface area contributed by atoms with Gasteiger partial charge in [0.25, 0.3) is 15.2 Å². The second-order valence-corrected chi connectivity index (χ2v) is 49.0. The molecule has 0 amide bonds. The van der Waals surface area contributed by atoms with Gasteiger partial charge in [-0.15, -0.1) is 0 Å². The highest BCUT2D eigenvalue weighted by molar-refractivity contribution is 7.73. The Morgan fingerprint density at radius 2 is 0.585 bits per heavy atom. The van der Waals surface area contributed by atoms with Gasteiger partial charge in [-0.2, -0.15) is 0 Å². The molecule has 56 nitrogen and oxygen atoms in total. The third-order valence-electron chi connectivity index (χ3n) is 13.0. The molecule has 0 aliphatic heterocycles. The van der Waals surface area contributed by atoms with Crippen LogP contribution in [-0.4, -0.2) is 212 Å². The van der Waals surface area contributed by atoms with Gasteiger partial charge in [-0.1, -0.05) is 25.8 Å². The zero-order valence-corrected chi connectivity index (χ0v) is 67.6. The summed E-state index contributed by atoms with van der Waals surface area (Å²) < 4.78 is 149. The number of pyridine rings is 1. The Bertz CT molecular complexity index is 3220. The summed E-state index contributed by atoms with van der Waals surface area (Å²) in [6, 6.07) is 2.56. The van der Waals surface area contributed by atoms with Crippen molar-refractivity contribution in [1.82, 2.24) is 14.8 Å². The fraction of sp³-hybridized carbons (Fsp3) is 0.861. The highest BCUT2D eigenvalue weighted by Gasteiger charge is 2.60. The van der Waals surface area contributed by atoms with E-state index in [2.05, 4.69) is 4.98 Å². The van der Waals surface area contributed by atoms with Gasteiger partial charge >= 0.3 is 45.6 Å². The van der Waals surface area contributed by atoms with Crippen molar-refractivity contribution in [3.05, 3.63) is 30.1 Å². The SMILES string of the molecule is CCCCCN(C)CCC(O)(P(=O)([O-])[O-])P(=O)([O-])[O-].CN(C)CCC(O)(P(=O)(O)O)P(=O)(O)O.NCCC(O)(P(=O)([O-])[O-])P(=O)([O-])[O-].NCCCC(O)(P(=O)(O)O)P(=O)(O)O.NCCCC(O)(P(=O)(O)O)P(=O)(O)O.NCCCC(O)(P(=O)([O-])[O-])P(=O)([O-])[O-].O=P([O-])([O-])C(O)(Cc1cccnc1)P(=O)([O-])[O-]. The van der Waals surface area contributed by atoms with Gasteiger partial charge in [-0.05, 0) is 171 Å². The van der Waals surface area contributed by atoms with E-state index in [0.29, 0.717) is 6.54 Å². The first kappa shape index (κ1) is 118. The monoisotopic (exact) mass is 1830 g/mol. The molecule has 0 bridgehead atoms. The molecule has 642 valence electrons. The van der Waals surface area contributed by atoms with Crippen molar-refractivity contribution in [2.75, 3.05) is 67.0 Å². The number of rotatable bonds is 37. The highest BCUT2D eigenvalue weighted by atomic mass is 31.3. The minimum absolute atomic E-state index is 0.0394. The van der Waals surface area contributed by atoms with Crippen molar-refractivity contribution in [2.24, 2.45) is 22.9 Å². The van der Waals surface area contributed by atoms with E-state index in [0.717, 1.165) is 25.5 Å². The molecule has 1 aromatic rings. The van der Waals surface area contributed by atoms with Crippen molar-refractivity contribution in [3.63, 3.8) is 0 Å². The maximum Gasteiger partial charge on any atom is 0.369 e. The molecule has 0 atom stereocenters. The van der Waals surface area contributed by atoms with E-state index in [1.165, 1.54) is 23.2 Å². The molecule has 0 aromatic carbocycles. The van der Waals surface area contributed by atoms with Crippen LogP contribution in [0.5, 0.6) is 0 Å². The largest absolute Gasteiger partial charge is 0.808 e. The summed E-state index contributed by atoms with van der Waals surface area (Å²) in [6.45, 7) is 1.46. The van der Waals surface area contributed by atoms with Gasteiger partial charge in [0.05, 0.1) is 0 Å². The summed E-state index contributed by atoms with van der Waals surface area (Å²) in [6.07, 6.45) is -1.82. The third-order valence-corrected chi connectivity index (χ3v) is 39.2. The molecule has 0 saturated carbocycles. The Morgan fingerprint density at radius 1 is 0.340 bits per heavy atom. The molecule has 0 aliphatic carbocycles. The molecule has 27 N–H and O–H groups in total. The first-order chi connectivity index (χ1) is 46.2. The second-order valence-electron chi connectivity index (χ2n) is 21.7. The fourth-order valence-electron chi connectivity index (χ4n) is 6.44. The van der Waals surface area contributed by atoms with E-state index in [4.69, 9.17) is 91.9 Å². The first-order valence-corrected chi connectivity index (χ1v) is 49.8. The Labute approximate surface area is 601 Å². The van der Waals surface area contributed by atoms with Gasteiger partial charge < -0.3 is 242 Å². The van der Waals surface area contributed by atoms with Gasteiger partial charge in [0.15, 0.2) is 0 Å². The van der Waals surface area contributed by atoms with Crippen LogP contribution in [0.25, 0.3) is 0 Å². The molecule has 106 heavy (non-hydrogen) atoms. The van der Waals surface area contributed by atoms with Gasteiger partial charge in [0.2, 0.25) is 0 Å². The minimum atomic E-state index is -6.04. The summed E-state index contributed by atoms with van der Waals surface area (Å²) in [4.78, 5) is 279. The molecule has 0 saturated heterocycles. The Kier molecular flexibility index (Phi) is 49.8. The van der Waals surface area contributed by atoms with Crippen molar-refractivity contribution < 1.29 is 237 Å². The standard InChI is InChI=1S/C9H23NO7P2.C7H11NO7P2.C5H15NO7P2.3C4H13NO7P2.C3H11NO7P2/c1-3-4-5-7-10(2)8-6-9(11,18(12,13)14)19(15,16)17;9-7(16(10,11)12,17(13,14)15)4-6-2-1-3-8-5-6;1-6(2)4-3-5(7,14(8,9)10)15(11,12)13;3*5-3-1-2-4(6,13(7,8)9)14(10,11)12;4-2-1-3(5,12(6,7)8)13(9,10)11/h11H,3-8H2,1-2H3,(H2,12,13,14)(H2,15,16,17);1-3,5,9H,4H2,(H2,10,11,12)(H2,13,14,15);7H,3-4H2,1-2H3,(H2,8,9,10)(H2,11,12,13);3*6H,1-3,5H2,(H2,7,8,9)(H2,10,11,12);5H,1-2,4H2,(H2,6,7,8)(H2,9,10,11)/p-16. The number of nitrogens with zero attached hydrogens (tertiary/aromatic N) is 3. The number of aromatic nitrogens is 1. The van der Waals surface area contributed by atoms with Gasteiger partial charge in [-0.3, -0.25) is 32.4 Å². The predicted molar refractivity (Wildman–Crippen MR) is 329 cm³/mol.